The van der Waals surface area contributed by atoms with Gasteiger partial charge in [-0.2, -0.15) is 0 Å². The fraction of sp³-hybridized carbons (Fsp3) is 0.450. The molecular formula is C20H24FN3O4. The lowest BCUT2D eigenvalue weighted by Crippen LogP contribution is -2.41. The van der Waals surface area contributed by atoms with Gasteiger partial charge >= 0.3 is 0 Å². The largest absolute Gasteiger partial charge is 0.391 e. The van der Waals surface area contributed by atoms with Gasteiger partial charge in [-0.05, 0) is 38.3 Å². The molecule has 150 valence electrons. The van der Waals surface area contributed by atoms with Crippen molar-refractivity contribution in [2.75, 3.05) is 0 Å². The van der Waals surface area contributed by atoms with E-state index < -0.39 is 23.9 Å². The molecule has 0 radical (unpaired) electrons. The van der Waals surface area contributed by atoms with Crippen molar-refractivity contribution >= 4 is 11.8 Å². The van der Waals surface area contributed by atoms with Crippen LogP contribution < -0.4 is 10.6 Å². The molecule has 7 nitrogen and oxygen atoms in total. The van der Waals surface area contributed by atoms with Crippen molar-refractivity contribution in [3.63, 3.8) is 0 Å². The molecule has 1 aliphatic rings. The van der Waals surface area contributed by atoms with E-state index in [1.807, 2.05) is 0 Å². The second-order valence-corrected chi connectivity index (χ2v) is 7.20. The average molecular weight is 389 g/mol. The molecule has 1 aromatic carbocycles. The van der Waals surface area contributed by atoms with E-state index in [0.29, 0.717) is 24.3 Å². The number of halogens is 1. The van der Waals surface area contributed by atoms with E-state index in [2.05, 4.69) is 15.8 Å². The number of aryl methyl sites for hydroxylation is 2. The molecule has 2 aromatic rings. The topological polar surface area (TPSA) is 104 Å². The smallest absolute Gasteiger partial charge is 0.224 e. The highest BCUT2D eigenvalue weighted by molar-refractivity contribution is 5.81. The molecule has 0 saturated heterocycles. The van der Waals surface area contributed by atoms with E-state index in [0.717, 1.165) is 11.3 Å². The average Bonchev–Trinajstić information content (AvgIpc) is 3.17. The number of benzene rings is 1. The summed E-state index contributed by atoms with van der Waals surface area (Å²) in [5.74, 6) is -0.770. The zero-order valence-electron chi connectivity index (χ0n) is 15.9. The summed E-state index contributed by atoms with van der Waals surface area (Å²) in [7, 11) is 0. The van der Waals surface area contributed by atoms with Gasteiger partial charge in [0.1, 0.15) is 11.6 Å². The number of carbonyl (C=O) groups is 2. The van der Waals surface area contributed by atoms with Gasteiger partial charge in [-0.15, -0.1) is 0 Å². The summed E-state index contributed by atoms with van der Waals surface area (Å²) in [6, 6.07) is 5.53. The Morgan fingerprint density at radius 2 is 2.04 bits per heavy atom. The minimum atomic E-state index is -0.820. The summed E-state index contributed by atoms with van der Waals surface area (Å²) >= 11 is 0. The summed E-state index contributed by atoms with van der Waals surface area (Å²) in [6.07, 6.45) is -0.339. The molecular weight excluding hydrogens is 365 g/mol. The van der Waals surface area contributed by atoms with Crippen molar-refractivity contribution in [3.8, 4) is 0 Å². The Kier molecular flexibility index (Phi) is 6.08. The zero-order chi connectivity index (χ0) is 20.3. The number of aliphatic hydroxyl groups excluding tert-OH is 1. The molecule has 0 aliphatic heterocycles. The first-order valence-corrected chi connectivity index (χ1v) is 9.25. The van der Waals surface area contributed by atoms with E-state index in [4.69, 9.17) is 4.52 Å². The van der Waals surface area contributed by atoms with Gasteiger partial charge in [0.05, 0.1) is 24.3 Å². The number of hydrogen-bond acceptors (Lipinski definition) is 5. The molecule has 0 spiro atoms. The van der Waals surface area contributed by atoms with Gasteiger partial charge in [0.15, 0.2) is 0 Å². The Bertz CT molecular complexity index is 847. The normalized spacial score (nSPS) is 21.5. The van der Waals surface area contributed by atoms with E-state index in [9.17, 15) is 19.1 Å². The second-order valence-electron chi connectivity index (χ2n) is 7.20. The lowest BCUT2D eigenvalue weighted by Gasteiger charge is -2.16. The predicted molar refractivity (Wildman–Crippen MR) is 98.6 cm³/mol. The van der Waals surface area contributed by atoms with Crippen molar-refractivity contribution < 1.29 is 23.6 Å². The molecule has 1 aliphatic carbocycles. The van der Waals surface area contributed by atoms with Crippen LogP contribution in [-0.4, -0.2) is 34.2 Å². The second kappa shape index (κ2) is 8.52. The van der Waals surface area contributed by atoms with Crippen molar-refractivity contribution in [3.05, 3.63) is 52.7 Å². The molecule has 3 N–H and O–H groups in total. The van der Waals surface area contributed by atoms with E-state index in [1.54, 1.807) is 32.0 Å². The Hall–Kier alpha value is -2.74. The van der Waals surface area contributed by atoms with Gasteiger partial charge < -0.3 is 20.3 Å². The Morgan fingerprint density at radius 1 is 1.29 bits per heavy atom. The minimum Gasteiger partial charge on any atom is -0.391 e. The monoisotopic (exact) mass is 389 g/mol. The first kappa shape index (κ1) is 20.0. The van der Waals surface area contributed by atoms with Crippen molar-refractivity contribution in [1.29, 1.82) is 0 Å². The molecule has 0 unspecified atom stereocenters. The first-order chi connectivity index (χ1) is 13.3. The SMILES string of the molecule is Cc1noc(C)c1CNC(=O)[C@H]1C[C@H](NC(=O)Cc2ccccc2F)[C@@H](O)C1. The number of carbonyl (C=O) groups excluding carboxylic acids is 2. The van der Waals surface area contributed by atoms with Crippen LogP contribution >= 0.6 is 0 Å². The van der Waals surface area contributed by atoms with Gasteiger partial charge in [-0.3, -0.25) is 9.59 Å². The molecule has 8 heteroatoms. The molecule has 2 amide bonds. The molecule has 28 heavy (non-hydrogen) atoms. The number of nitrogens with one attached hydrogen (secondary N) is 2. The maximum atomic E-state index is 13.7. The Morgan fingerprint density at radius 3 is 2.71 bits per heavy atom. The third-order valence-corrected chi connectivity index (χ3v) is 5.18. The van der Waals surface area contributed by atoms with Crippen molar-refractivity contribution in [2.45, 2.75) is 51.8 Å². The quantitative estimate of drug-likeness (QED) is 0.695. The van der Waals surface area contributed by atoms with Gasteiger partial charge in [-0.1, -0.05) is 23.4 Å². The van der Waals surface area contributed by atoms with Crippen LogP contribution in [0.2, 0.25) is 0 Å². The van der Waals surface area contributed by atoms with Crippen LogP contribution in [0, 0.1) is 25.6 Å². The minimum absolute atomic E-state index is 0.112. The zero-order valence-corrected chi connectivity index (χ0v) is 15.9. The van der Waals surface area contributed by atoms with Crippen LogP contribution in [0.1, 0.15) is 35.4 Å². The van der Waals surface area contributed by atoms with Crippen LogP contribution in [0.3, 0.4) is 0 Å². The maximum Gasteiger partial charge on any atom is 0.224 e. The standard InChI is InChI=1S/C20H24FN3O4/c1-11-15(12(2)28-24-11)10-22-20(27)14-7-17(18(25)8-14)23-19(26)9-13-5-3-4-6-16(13)21/h3-6,14,17-18,25H,7-10H2,1-2H3,(H,22,27)(H,23,26)/t14-,17-,18-/m0/s1. The van der Waals surface area contributed by atoms with Crippen molar-refractivity contribution in [2.24, 2.45) is 5.92 Å². The Balaban J connectivity index is 1.51. The van der Waals surface area contributed by atoms with Gasteiger partial charge in [-0.25, -0.2) is 4.39 Å². The lowest BCUT2D eigenvalue weighted by atomic mass is 10.1. The van der Waals surface area contributed by atoms with E-state index in [-0.39, 0.29) is 24.7 Å². The van der Waals surface area contributed by atoms with E-state index in [1.165, 1.54) is 6.07 Å². The third kappa shape index (κ3) is 4.56. The number of amides is 2. The first-order valence-electron chi connectivity index (χ1n) is 9.25. The van der Waals surface area contributed by atoms with Crippen LogP contribution in [-0.2, 0) is 22.6 Å². The lowest BCUT2D eigenvalue weighted by molar-refractivity contribution is -0.125. The summed E-state index contributed by atoms with van der Waals surface area (Å²) in [6.45, 7) is 3.89. The molecule has 3 atom stereocenters. The number of rotatable bonds is 6. The van der Waals surface area contributed by atoms with Gasteiger partial charge in [0, 0.05) is 18.0 Å². The summed E-state index contributed by atoms with van der Waals surface area (Å²) < 4.78 is 18.7. The van der Waals surface area contributed by atoms with E-state index >= 15 is 0 Å². The molecule has 3 rings (SSSR count). The molecule has 1 aromatic heterocycles. The predicted octanol–water partition coefficient (Wildman–Crippen LogP) is 1.55. The molecule has 0 bridgehead atoms. The maximum absolute atomic E-state index is 13.7. The van der Waals surface area contributed by atoms with Crippen molar-refractivity contribution in [1.82, 2.24) is 15.8 Å². The number of aliphatic hydroxyl groups is 1. The van der Waals surface area contributed by atoms with Crippen LogP contribution in [0.5, 0.6) is 0 Å². The fourth-order valence-electron chi connectivity index (χ4n) is 3.53. The van der Waals surface area contributed by atoms with Gasteiger partial charge in [0.2, 0.25) is 11.8 Å². The number of aromatic nitrogens is 1. The fourth-order valence-corrected chi connectivity index (χ4v) is 3.53. The van der Waals surface area contributed by atoms with Crippen LogP contribution in [0.4, 0.5) is 4.39 Å². The summed E-state index contributed by atoms with van der Waals surface area (Å²) in [5, 5.41) is 19.6. The number of nitrogens with zero attached hydrogens (tertiary/aromatic N) is 1. The number of hydrogen-bond donors (Lipinski definition) is 3. The molecule has 1 heterocycles. The highest BCUT2D eigenvalue weighted by atomic mass is 19.1. The van der Waals surface area contributed by atoms with Crippen LogP contribution in [0.15, 0.2) is 28.8 Å². The molecule has 1 saturated carbocycles. The molecule has 1 fully saturated rings. The van der Waals surface area contributed by atoms with Gasteiger partial charge in [0.25, 0.3) is 0 Å². The summed E-state index contributed by atoms with van der Waals surface area (Å²) in [5.41, 5.74) is 1.85. The van der Waals surface area contributed by atoms with Crippen LogP contribution in [0.25, 0.3) is 0 Å². The third-order valence-electron chi connectivity index (χ3n) is 5.18. The Labute approximate surface area is 162 Å². The highest BCUT2D eigenvalue weighted by Crippen LogP contribution is 2.27. The highest BCUT2D eigenvalue weighted by Gasteiger charge is 2.37. The summed E-state index contributed by atoms with van der Waals surface area (Å²) in [4.78, 5) is 24.6.